The molecule has 5 nitrogen and oxygen atoms in total. The van der Waals surface area contributed by atoms with E-state index >= 15 is 0 Å². The van der Waals surface area contributed by atoms with Gasteiger partial charge in [-0.15, -0.1) is 0 Å². The highest BCUT2D eigenvalue weighted by molar-refractivity contribution is 6.04. The van der Waals surface area contributed by atoms with E-state index < -0.39 is 0 Å². The van der Waals surface area contributed by atoms with E-state index in [1.807, 2.05) is 23.1 Å². The molecular formula is C17H21N3O2. The lowest BCUT2D eigenvalue weighted by atomic mass is 10.1. The number of carbonyl (C=O) groups is 1. The van der Waals surface area contributed by atoms with Crippen molar-refractivity contribution in [2.24, 2.45) is 5.92 Å². The van der Waals surface area contributed by atoms with Crippen LogP contribution in [0.2, 0.25) is 0 Å². The van der Waals surface area contributed by atoms with E-state index in [4.69, 9.17) is 4.74 Å². The molecule has 2 fully saturated rings. The van der Waals surface area contributed by atoms with Crippen LogP contribution in [-0.4, -0.2) is 46.6 Å². The van der Waals surface area contributed by atoms with Gasteiger partial charge in [-0.05, 0) is 43.7 Å². The molecule has 1 saturated carbocycles. The molecule has 22 heavy (non-hydrogen) atoms. The Morgan fingerprint density at radius 2 is 2.27 bits per heavy atom. The van der Waals surface area contributed by atoms with Crippen molar-refractivity contribution in [3.63, 3.8) is 0 Å². The summed E-state index contributed by atoms with van der Waals surface area (Å²) < 4.78 is 5.98. The van der Waals surface area contributed by atoms with Gasteiger partial charge >= 0.3 is 0 Å². The quantitative estimate of drug-likeness (QED) is 0.944. The Morgan fingerprint density at radius 1 is 1.36 bits per heavy atom. The standard InChI is InChI=1S/C17H21N3O2/c21-17(14-4-1-5-15-16(14)19-11-18-15)20-8-2-3-13(9-20)22-10-12-6-7-12/h1,4-5,11-13H,2-3,6-10H2,(H,18,19). The van der Waals surface area contributed by atoms with Crippen LogP contribution in [-0.2, 0) is 4.74 Å². The van der Waals surface area contributed by atoms with Gasteiger partial charge in [-0.3, -0.25) is 4.79 Å². The van der Waals surface area contributed by atoms with Crippen LogP contribution in [0.3, 0.4) is 0 Å². The van der Waals surface area contributed by atoms with Crippen molar-refractivity contribution in [2.75, 3.05) is 19.7 Å². The van der Waals surface area contributed by atoms with Crippen LogP contribution < -0.4 is 0 Å². The Kier molecular flexibility index (Phi) is 3.58. The molecule has 1 N–H and O–H groups in total. The summed E-state index contributed by atoms with van der Waals surface area (Å²) >= 11 is 0. The second kappa shape index (κ2) is 5.72. The molecule has 1 aliphatic carbocycles. The summed E-state index contributed by atoms with van der Waals surface area (Å²) in [6.07, 6.45) is 6.50. The number of hydrogen-bond acceptors (Lipinski definition) is 3. The first-order chi connectivity index (χ1) is 10.8. The lowest BCUT2D eigenvalue weighted by Crippen LogP contribution is -2.43. The van der Waals surface area contributed by atoms with E-state index in [0.717, 1.165) is 42.9 Å². The monoisotopic (exact) mass is 299 g/mol. The predicted octanol–water partition coefficient (Wildman–Crippen LogP) is 2.59. The minimum Gasteiger partial charge on any atom is -0.376 e. The number of hydrogen-bond donors (Lipinski definition) is 1. The van der Waals surface area contributed by atoms with Gasteiger partial charge in [0.15, 0.2) is 0 Å². The van der Waals surface area contributed by atoms with E-state index in [9.17, 15) is 4.79 Å². The SMILES string of the molecule is O=C(c1cccc2[nH]cnc12)N1CCCC(OCC2CC2)C1. The van der Waals surface area contributed by atoms with Gasteiger partial charge in [-0.25, -0.2) is 4.98 Å². The van der Waals surface area contributed by atoms with E-state index in [1.54, 1.807) is 6.33 Å². The molecule has 1 atom stereocenters. The van der Waals surface area contributed by atoms with Gasteiger partial charge in [0.1, 0.15) is 5.52 Å². The molecule has 1 aromatic heterocycles. The number of H-pyrrole nitrogens is 1. The van der Waals surface area contributed by atoms with E-state index in [0.29, 0.717) is 12.1 Å². The molecule has 2 heterocycles. The van der Waals surface area contributed by atoms with Crippen LogP contribution in [0.1, 0.15) is 36.0 Å². The molecule has 1 unspecified atom stereocenters. The summed E-state index contributed by atoms with van der Waals surface area (Å²) in [5, 5.41) is 0. The van der Waals surface area contributed by atoms with Crippen LogP contribution in [0.15, 0.2) is 24.5 Å². The molecule has 0 radical (unpaired) electrons. The van der Waals surface area contributed by atoms with Gasteiger partial charge in [-0.1, -0.05) is 6.07 Å². The number of fused-ring (bicyclic) bond motifs is 1. The molecule has 5 heteroatoms. The van der Waals surface area contributed by atoms with Crippen molar-refractivity contribution in [1.82, 2.24) is 14.9 Å². The molecule has 4 rings (SSSR count). The zero-order valence-corrected chi connectivity index (χ0v) is 12.6. The largest absolute Gasteiger partial charge is 0.376 e. The molecular weight excluding hydrogens is 278 g/mol. The highest BCUT2D eigenvalue weighted by atomic mass is 16.5. The van der Waals surface area contributed by atoms with E-state index in [1.165, 1.54) is 12.8 Å². The lowest BCUT2D eigenvalue weighted by Gasteiger charge is -2.32. The Labute approximate surface area is 129 Å². The van der Waals surface area contributed by atoms with Crippen LogP contribution in [0.4, 0.5) is 0 Å². The first-order valence-electron chi connectivity index (χ1n) is 8.14. The van der Waals surface area contributed by atoms with Crippen LogP contribution >= 0.6 is 0 Å². The number of likely N-dealkylation sites (tertiary alicyclic amines) is 1. The number of benzene rings is 1. The molecule has 1 aromatic carbocycles. The number of rotatable bonds is 4. The molecule has 1 amide bonds. The van der Waals surface area contributed by atoms with Gasteiger partial charge in [0.25, 0.3) is 5.91 Å². The summed E-state index contributed by atoms with van der Waals surface area (Å²) in [6, 6.07) is 5.70. The Balaban J connectivity index is 1.48. The third-order valence-electron chi connectivity index (χ3n) is 4.61. The topological polar surface area (TPSA) is 58.2 Å². The smallest absolute Gasteiger partial charge is 0.256 e. The van der Waals surface area contributed by atoms with Crippen molar-refractivity contribution in [3.8, 4) is 0 Å². The Hall–Kier alpha value is -1.88. The number of imidazole rings is 1. The second-order valence-corrected chi connectivity index (χ2v) is 6.40. The van der Waals surface area contributed by atoms with Crippen molar-refractivity contribution in [3.05, 3.63) is 30.1 Å². The fourth-order valence-electron chi connectivity index (χ4n) is 3.12. The van der Waals surface area contributed by atoms with Gasteiger partial charge < -0.3 is 14.6 Å². The van der Waals surface area contributed by atoms with Crippen molar-refractivity contribution in [1.29, 1.82) is 0 Å². The van der Waals surface area contributed by atoms with Crippen LogP contribution in [0.5, 0.6) is 0 Å². The fourth-order valence-corrected chi connectivity index (χ4v) is 3.12. The highest BCUT2D eigenvalue weighted by Gasteiger charge is 2.28. The van der Waals surface area contributed by atoms with Gasteiger partial charge in [0.2, 0.25) is 0 Å². The Morgan fingerprint density at radius 3 is 3.14 bits per heavy atom. The minimum atomic E-state index is 0.0671. The number of para-hydroxylation sites is 1. The zero-order chi connectivity index (χ0) is 14.9. The molecule has 116 valence electrons. The average molecular weight is 299 g/mol. The van der Waals surface area contributed by atoms with Crippen molar-refractivity contribution >= 4 is 16.9 Å². The number of aromatic amines is 1. The van der Waals surface area contributed by atoms with Crippen molar-refractivity contribution < 1.29 is 9.53 Å². The van der Waals surface area contributed by atoms with E-state index in [2.05, 4.69) is 9.97 Å². The first-order valence-corrected chi connectivity index (χ1v) is 8.14. The first kappa shape index (κ1) is 13.8. The summed E-state index contributed by atoms with van der Waals surface area (Å²) in [4.78, 5) is 22.1. The summed E-state index contributed by atoms with van der Waals surface area (Å²) in [7, 11) is 0. The molecule has 2 aliphatic rings. The van der Waals surface area contributed by atoms with Gasteiger partial charge in [0, 0.05) is 19.7 Å². The third kappa shape index (κ3) is 2.73. The lowest BCUT2D eigenvalue weighted by molar-refractivity contribution is -0.00237. The number of aromatic nitrogens is 2. The fraction of sp³-hybridized carbons (Fsp3) is 0.529. The second-order valence-electron chi connectivity index (χ2n) is 6.40. The predicted molar refractivity (Wildman–Crippen MR) is 83.7 cm³/mol. The van der Waals surface area contributed by atoms with Crippen LogP contribution in [0, 0.1) is 5.92 Å². The number of amides is 1. The summed E-state index contributed by atoms with van der Waals surface area (Å²) in [5.41, 5.74) is 2.35. The van der Waals surface area contributed by atoms with Gasteiger partial charge in [0.05, 0.1) is 23.5 Å². The highest BCUT2D eigenvalue weighted by Crippen LogP contribution is 2.30. The maximum absolute atomic E-state index is 12.8. The molecule has 2 aromatic rings. The minimum absolute atomic E-state index is 0.0671. The average Bonchev–Trinajstić information content (AvgIpc) is 3.27. The maximum atomic E-state index is 12.8. The van der Waals surface area contributed by atoms with E-state index in [-0.39, 0.29) is 12.0 Å². The third-order valence-corrected chi connectivity index (χ3v) is 4.61. The molecule has 0 bridgehead atoms. The summed E-state index contributed by atoms with van der Waals surface area (Å²) in [5.74, 6) is 0.835. The molecule has 1 aliphatic heterocycles. The number of piperidine rings is 1. The summed E-state index contributed by atoms with van der Waals surface area (Å²) in [6.45, 7) is 2.37. The van der Waals surface area contributed by atoms with Gasteiger partial charge in [-0.2, -0.15) is 0 Å². The van der Waals surface area contributed by atoms with Crippen molar-refractivity contribution in [2.45, 2.75) is 31.8 Å². The van der Waals surface area contributed by atoms with Crippen LogP contribution in [0.25, 0.3) is 11.0 Å². The normalized spacial score (nSPS) is 22.2. The number of carbonyl (C=O) groups excluding carboxylic acids is 1. The maximum Gasteiger partial charge on any atom is 0.256 e. The Bertz CT molecular complexity index is 677. The molecule has 0 spiro atoms. The zero-order valence-electron chi connectivity index (χ0n) is 12.6. The molecule has 1 saturated heterocycles. The number of nitrogens with one attached hydrogen (secondary N) is 1. The number of nitrogens with zero attached hydrogens (tertiary/aromatic N) is 2. The number of ether oxygens (including phenoxy) is 1.